The lowest BCUT2D eigenvalue weighted by Crippen LogP contribution is -2.50. The van der Waals surface area contributed by atoms with Crippen LogP contribution in [0.3, 0.4) is 0 Å². The fourth-order valence-electron chi connectivity index (χ4n) is 4.64. The van der Waals surface area contributed by atoms with Crippen LogP contribution in [-0.4, -0.2) is 39.3 Å². The molecule has 6 heteroatoms. The van der Waals surface area contributed by atoms with Crippen LogP contribution in [0.25, 0.3) is 11.5 Å². The molecule has 1 aromatic heterocycles. The zero-order chi connectivity index (χ0) is 20.4. The number of thioether (sulfide) groups is 1. The maximum atomic E-state index is 12.8. The second-order valence-corrected chi connectivity index (χ2v) is 10.3. The monoisotopic (exact) mass is 413 g/mol. The molecule has 0 unspecified atom stereocenters. The van der Waals surface area contributed by atoms with Crippen LogP contribution in [-0.2, 0) is 10.2 Å². The van der Waals surface area contributed by atoms with Crippen molar-refractivity contribution in [2.24, 2.45) is 5.92 Å². The first-order chi connectivity index (χ1) is 13.9. The number of piperidine rings is 1. The van der Waals surface area contributed by atoms with Gasteiger partial charge in [-0.25, -0.2) is 0 Å². The average Bonchev–Trinajstić information content (AvgIpc) is 3.20. The number of hydrogen-bond acceptors (Lipinski definition) is 5. The van der Waals surface area contributed by atoms with E-state index in [0.29, 0.717) is 28.8 Å². The lowest BCUT2D eigenvalue weighted by atomic mass is 9.78. The molecule has 2 atom stereocenters. The van der Waals surface area contributed by atoms with Gasteiger partial charge >= 0.3 is 0 Å². The van der Waals surface area contributed by atoms with E-state index in [0.717, 1.165) is 24.9 Å². The largest absolute Gasteiger partial charge is 0.411 e. The van der Waals surface area contributed by atoms with Gasteiger partial charge in [-0.3, -0.25) is 4.79 Å². The Hall–Kier alpha value is -1.82. The Morgan fingerprint density at radius 1 is 1.10 bits per heavy atom. The van der Waals surface area contributed by atoms with Crippen LogP contribution in [0, 0.1) is 5.92 Å². The fourth-order valence-corrected chi connectivity index (χ4v) is 5.29. The first-order valence-corrected chi connectivity index (χ1v) is 11.8. The van der Waals surface area contributed by atoms with E-state index in [1.165, 1.54) is 43.0 Å². The van der Waals surface area contributed by atoms with Gasteiger partial charge in [0.2, 0.25) is 11.8 Å². The van der Waals surface area contributed by atoms with Crippen molar-refractivity contribution >= 4 is 17.7 Å². The van der Waals surface area contributed by atoms with Gasteiger partial charge in [-0.2, -0.15) is 0 Å². The van der Waals surface area contributed by atoms with Crippen molar-refractivity contribution in [1.29, 1.82) is 0 Å². The molecule has 1 aliphatic carbocycles. The summed E-state index contributed by atoms with van der Waals surface area (Å²) in [5, 5.41) is 8.77. The molecule has 0 spiro atoms. The third-order valence-corrected chi connectivity index (χ3v) is 7.09. The average molecular weight is 414 g/mol. The van der Waals surface area contributed by atoms with Gasteiger partial charge in [0.1, 0.15) is 0 Å². The predicted molar refractivity (Wildman–Crippen MR) is 116 cm³/mol. The van der Waals surface area contributed by atoms with Crippen LogP contribution < -0.4 is 0 Å². The summed E-state index contributed by atoms with van der Waals surface area (Å²) in [6, 6.07) is 8.69. The molecule has 1 aliphatic heterocycles. The minimum absolute atomic E-state index is 0.112. The molecule has 2 aromatic rings. The highest BCUT2D eigenvalue weighted by molar-refractivity contribution is 7.99. The Labute approximate surface area is 177 Å². The quantitative estimate of drug-likeness (QED) is 0.636. The van der Waals surface area contributed by atoms with Crippen molar-refractivity contribution in [3.05, 3.63) is 29.8 Å². The Morgan fingerprint density at radius 3 is 2.59 bits per heavy atom. The standard InChI is InChI=1S/C23H31N3O2S/c1-23(2,3)18-12-10-17(11-13-18)21-24-25-22(28-21)29-15-20(27)26-14-6-8-16-7-4-5-9-19(16)26/h10-13,16,19H,4-9,14-15H2,1-3H3/t16-,19+/m1/s1. The highest BCUT2D eigenvalue weighted by Gasteiger charge is 2.35. The van der Waals surface area contributed by atoms with Crippen molar-refractivity contribution in [2.75, 3.05) is 12.3 Å². The van der Waals surface area contributed by atoms with E-state index in [1.807, 2.05) is 12.1 Å². The van der Waals surface area contributed by atoms with Gasteiger partial charge in [-0.15, -0.1) is 10.2 Å². The van der Waals surface area contributed by atoms with Crippen molar-refractivity contribution < 1.29 is 9.21 Å². The summed E-state index contributed by atoms with van der Waals surface area (Å²) in [4.78, 5) is 15.0. The molecule has 29 heavy (non-hydrogen) atoms. The number of fused-ring (bicyclic) bond motifs is 1. The molecule has 1 aromatic carbocycles. The van der Waals surface area contributed by atoms with E-state index in [-0.39, 0.29) is 11.3 Å². The zero-order valence-corrected chi connectivity index (χ0v) is 18.5. The number of carbonyl (C=O) groups excluding carboxylic acids is 1. The smallest absolute Gasteiger partial charge is 0.277 e. The molecule has 5 nitrogen and oxygen atoms in total. The topological polar surface area (TPSA) is 59.2 Å². The zero-order valence-electron chi connectivity index (χ0n) is 17.7. The predicted octanol–water partition coefficient (Wildman–Crippen LogP) is 5.31. The molecule has 1 saturated carbocycles. The van der Waals surface area contributed by atoms with E-state index in [1.54, 1.807) is 0 Å². The summed E-state index contributed by atoms with van der Waals surface area (Å²) < 4.78 is 5.81. The highest BCUT2D eigenvalue weighted by atomic mass is 32.2. The fraction of sp³-hybridized carbons (Fsp3) is 0.609. The summed E-state index contributed by atoms with van der Waals surface area (Å²) in [6.45, 7) is 7.48. The van der Waals surface area contributed by atoms with Crippen LogP contribution in [0.4, 0.5) is 0 Å². The van der Waals surface area contributed by atoms with Gasteiger partial charge in [0.05, 0.1) is 5.75 Å². The van der Waals surface area contributed by atoms with Gasteiger partial charge in [0, 0.05) is 18.2 Å². The van der Waals surface area contributed by atoms with Gasteiger partial charge in [-0.05, 0) is 54.7 Å². The highest BCUT2D eigenvalue weighted by Crippen LogP contribution is 2.36. The molecule has 1 saturated heterocycles. The van der Waals surface area contributed by atoms with Gasteiger partial charge < -0.3 is 9.32 Å². The molecule has 2 heterocycles. The summed E-state index contributed by atoms with van der Waals surface area (Å²) in [7, 11) is 0. The van der Waals surface area contributed by atoms with E-state index in [4.69, 9.17) is 4.42 Å². The number of rotatable bonds is 4. The summed E-state index contributed by atoms with van der Waals surface area (Å²) in [6.07, 6.45) is 7.42. The van der Waals surface area contributed by atoms with E-state index in [2.05, 4.69) is 48.0 Å². The minimum Gasteiger partial charge on any atom is -0.411 e. The van der Waals surface area contributed by atoms with Crippen LogP contribution in [0.1, 0.15) is 64.9 Å². The van der Waals surface area contributed by atoms with Crippen LogP contribution >= 0.6 is 11.8 Å². The molecular formula is C23H31N3O2S. The van der Waals surface area contributed by atoms with Gasteiger partial charge in [0.15, 0.2) is 0 Å². The number of carbonyl (C=O) groups is 1. The molecule has 156 valence electrons. The number of likely N-dealkylation sites (tertiary alicyclic amines) is 1. The third kappa shape index (κ3) is 4.68. The lowest BCUT2D eigenvalue weighted by molar-refractivity contribution is -0.134. The molecule has 0 N–H and O–H groups in total. The van der Waals surface area contributed by atoms with Crippen molar-refractivity contribution in [1.82, 2.24) is 15.1 Å². The Bertz CT molecular complexity index is 839. The Balaban J connectivity index is 1.36. The van der Waals surface area contributed by atoms with Crippen LogP contribution in [0.15, 0.2) is 33.9 Å². The lowest BCUT2D eigenvalue weighted by Gasteiger charge is -2.44. The second kappa shape index (κ2) is 8.50. The molecule has 0 radical (unpaired) electrons. The number of nitrogens with zero attached hydrogens (tertiary/aromatic N) is 3. The number of hydrogen-bond donors (Lipinski definition) is 0. The van der Waals surface area contributed by atoms with E-state index in [9.17, 15) is 4.79 Å². The minimum atomic E-state index is 0.112. The van der Waals surface area contributed by atoms with Gasteiger partial charge in [-0.1, -0.05) is 57.5 Å². The van der Waals surface area contributed by atoms with Crippen LogP contribution in [0.2, 0.25) is 0 Å². The van der Waals surface area contributed by atoms with Crippen molar-refractivity contribution in [3.8, 4) is 11.5 Å². The van der Waals surface area contributed by atoms with Gasteiger partial charge in [0.25, 0.3) is 5.22 Å². The summed E-state index contributed by atoms with van der Waals surface area (Å²) in [5.74, 6) is 1.79. The normalized spacial score (nSPS) is 22.4. The third-order valence-electron chi connectivity index (χ3n) is 6.29. The summed E-state index contributed by atoms with van der Waals surface area (Å²) in [5.41, 5.74) is 2.29. The molecular weight excluding hydrogens is 382 g/mol. The maximum Gasteiger partial charge on any atom is 0.277 e. The second-order valence-electron chi connectivity index (χ2n) is 9.33. The Morgan fingerprint density at radius 2 is 1.83 bits per heavy atom. The SMILES string of the molecule is CC(C)(C)c1ccc(-c2nnc(SCC(=O)N3CCC[C@H]4CCCC[C@@H]43)o2)cc1. The molecule has 4 rings (SSSR count). The molecule has 2 aliphatic rings. The van der Waals surface area contributed by atoms with Crippen LogP contribution in [0.5, 0.6) is 0 Å². The molecule has 0 bridgehead atoms. The van der Waals surface area contributed by atoms with Crippen molar-refractivity contribution in [2.45, 2.75) is 76.0 Å². The number of aromatic nitrogens is 2. The van der Waals surface area contributed by atoms with Crippen molar-refractivity contribution in [3.63, 3.8) is 0 Å². The summed E-state index contributed by atoms with van der Waals surface area (Å²) >= 11 is 1.35. The Kier molecular flexibility index (Phi) is 6.00. The number of benzene rings is 1. The van der Waals surface area contributed by atoms with E-state index < -0.39 is 0 Å². The number of amides is 1. The first kappa shape index (κ1) is 20.5. The first-order valence-electron chi connectivity index (χ1n) is 10.8. The maximum absolute atomic E-state index is 12.8. The molecule has 1 amide bonds. The van der Waals surface area contributed by atoms with E-state index >= 15 is 0 Å². The molecule has 2 fully saturated rings.